The minimum Gasteiger partial charge on any atom is -0.393 e. The molecule has 2 rings (SSSR count). The van der Waals surface area contributed by atoms with Crippen LogP contribution in [-0.4, -0.2) is 26.2 Å². The average molecular weight is 311 g/mol. The molecule has 1 aromatic carbocycles. The molecule has 1 aliphatic rings. The lowest BCUT2D eigenvalue weighted by atomic mass is 9.83. The van der Waals surface area contributed by atoms with Crippen LogP contribution in [0.25, 0.3) is 0 Å². The molecule has 4 nitrogen and oxygen atoms in total. The third-order valence-electron chi connectivity index (χ3n) is 4.12. The summed E-state index contributed by atoms with van der Waals surface area (Å²) in [6, 6.07) is 5.62. The van der Waals surface area contributed by atoms with E-state index in [-0.39, 0.29) is 17.4 Å². The first-order chi connectivity index (χ1) is 9.59. The molecule has 1 aliphatic carbocycles. The Morgan fingerprint density at radius 1 is 1.29 bits per heavy atom. The Balaban J connectivity index is 2.18. The molecule has 0 aromatic heterocycles. The van der Waals surface area contributed by atoms with Crippen LogP contribution in [-0.2, 0) is 15.4 Å². The van der Waals surface area contributed by atoms with Gasteiger partial charge in [-0.15, -0.1) is 0 Å². The number of rotatable bonds is 4. The maximum absolute atomic E-state index is 12.5. The Labute approximate surface area is 127 Å². The van der Waals surface area contributed by atoms with E-state index in [1.54, 1.807) is 6.07 Å². The zero-order valence-electron chi connectivity index (χ0n) is 13.2. The molecule has 0 radical (unpaired) electrons. The van der Waals surface area contributed by atoms with Crippen LogP contribution in [0.4, 0.5) is 0 Å². The molecule has 21 heavy (non-hydrogen) atoms. The molecule has 0 amide bonds. The highest BCUT2D eigenvalue weighted by Crippen LogP contribution is 2.28. The number of aryl methyl sites for hydroxylation is 1. The van der Waals surface area contributed by atoms with E-state index in [2.05, 4.69) is 25.5 Å². The normalized spacial score (nSPS) is 22.9. The Kier molecular flexibility index (Phi) is 4.47. The van der Waals surface area contributed by atoms with E-state index in [0.29, 0.717) is 24.3 Å². The maximum Gasteiger partial charge on any atom is 0.240 e. The molecule has 0 atom stereocenters. The number of nitrogens with one attached hydrogen (secondary N) is 1. The van der Waals surface area contributed by atoms with Gasteiger partial charge in [0.1, 0.15) is 0 Å². The molecule has 1 fully saturated rings. The van der Waals surface area contributed by atoms with Crippen molar-refractivity contribution < 1.29 is 13.5 Å². The number of aliphatic hydroxyl groups is 1. The molecule has 0 spiro atoms. The smallest absolute Gasteiger partial charge is 0.240 e. The van der Waals surface area contributed by atoms with Gasteiger partial charge in [-0.05, 0) is 48.3 Å². The lowest BCUT2D eigenvalue weighted by Gasteiger charge is -2.31. The topological polar surface area (TPSA) is 66.4 Å². The van der Waals surface area contributed by atoms with Gasteiger partial charge in [-0.1, -0.05) is 32.9 Å². The highest BCUT2D eigenvalue weighted by atomic mass is 32.2. The molecule has 0 aliphatic heterocycles. The average Bonchev–Trinajstić information content (AvgIpc) is 2.32. The zero-order chi connectivity index (χ0) is 15.8. The van der Waals surface area contributed by atoms with Crippen LogP contribution in [0.3, 0.4) is 0 Å². The van der Waals surface area contributed by atoms with Gasteiger partial charge in [-0.3, -0.25) is 0 Å². The van der Waals surface area contributed by atoms with Crippen molar-refractivity contribution in [3.05, 3.63) is 29.3 Å². The lowest BCUT2D eigenvalue weighted by molar-refractivity contribution is 0.0453. The van der Waals surface area contributed by atoms with E-state index in [4.69, 9.17) is 0 Å². The van der Waals surface area contributed by atoms with Crippen molar-refractivity contribution in [2.75, 3.05) is 6.54 Å². The predicted molar refractivity (Wildman–Crippen MR) is 83.8 cm³/mol. The Hall–Kier alpha value is -0.910. The fourth-order valence-corrected chi connectivity index (χ4v) is 3.91. The Bertz CT molecular complexity index is 611. The molecular formula is C16H25NO3S. The summed E-state index contributed by atoms with van der Waals surface area (Å²) in [5, 5.41) is 9.26. The summed E-state index contributed by atoms with van der Waals surface area (Å²) in [6.07, 6.45) is 1.11. The number of aliphatic hydroxyl groups excluding tert-OH is 1. The molecule has 0 heterocycles. The van der Waals surface area contributed by atoms with Crippen molar-refractivity contribution in [1.82, 2.24) is 4.72 Å². The number of benzene rings is 1. The third-order valence-corrected chi connectivity index (χ3v) is 5.68. The van der Waals surface area contributed by atoms with Gasteiger partial charge in [0, 0.05) is 6.54 Å². The largest absolute Gasteiger partial charge is 0.393 e. The van der Waals surface area contributed by atoms with E-state index in [1.165, 1.54) is 0 Å². The molecule has 1 aromatic rings. The molecular weight excluding hydrogens is 286 g/mol. The highest BCUT2D eigenvalue weighted by Gasteiger charge is 2.29. The summed E-state index contributed by atoms with van der Waals surface area (Å²) in [4.78, 5) is 0.356. The highest BCUT2D eigenvalue weighted by molar-refractivity contribution is 7.89. The third kappa shape index (κ3) is 3.84. The number of hydrogen-bond acceptors (Lipinski definition) is 3. The van der Waals surface area contributed by atoms with Crippen molar-refractivity contribution in [3.8, 4) is 0 Å². The van der Waals surface area contributed by atoms with Crippen LogP contribution < -0.4 is 4.72 Å². The summed E-state index contributed by atoms with van der Waals surface area (Å²) in [5.41, 5.74) is 1.67. The van der Waals surface area contributed by atoms with Crippen LogP contribution in [0.1, 0.15) is 44.7 Å². The van der Waals surface area contributed by atoms with Gasteiger partial charge in [-0.25, -0.2) is 13.1 Å². The summed E-state index contributed by atoms with van der Waals surface area (Å²) in [6.45, 7) is 8.42. The van der Waals surface area contributed by atoms with E-state index >= 15 is 0 Å². The van der Waals surface area contributed by atoms with Gasteiger partial charge in [0.25, 0.3) is 0 Å². The molecule has 0 unspecified atom stereocenters. The first-order valence-corrected chi connectivity index (χ1v) is 8.87. The fourth-order valence-electron chi connectivity index (χ4n) is 2.53. The monoisotopic (exact) mass is 311 g/mol. The van der Waals surface area contributed by atoms with Crippen molar-refractivity contribution in [1.29, 1.82) is 0 Å². The van der Waals surface area contributed by atoms with E-state index in [0.717, 1.165) is 11.1 Å². The standard InChI is InChI=1S/C16H25NO3S/c1-11-5-6-13(16(2,3)4)9-15(11)21(19,20)17-10-12-7-14(18)8-12/h5-6,9,12,14,17-18H,7-8,10H2,1-4H3. The van der Waals surface area contributed by atoms with Gasteiger partial charge < -0.3 is 5.11 Å². The summed E-state index contributed by atoms with van der Waals surface area (Å²) < 4.78 is 27.6. The molecule has 0 bridgehead atoms. The second kappa shape index (κ2) is 5.71. The van der Waals surface area contributed by atoms with Gasteiger partial charge in [0.05, 0.1) is 11.0 Å². The summed E-state index contributed by atoms with van der Waals surface area (Å²) >= 11 is 0. The Morgan fingerprint density at radius 3 is 2.43 bits per heavy atom. The van der Waals surface area contributed by atoms with Crippen molar-refractivity contribution in [3.63, 3.8) is 0 Å². The van der Waals surface area contributed by atoms with Crippen molar-refractivity contribution >= 4 is 10.0 Å². The quantitative estimate of drug-likeness (QED) is 0.897. The first kappa shape index (κ1) is 16.5. The molecule has 0 saturated heterocycles. The van der Waals surface area contributed by atoms with Crippen LogP contribution >= 0.6 is 0 Å². The van der Waals surface area contributed by atoms with Gasteiger partial charge >= 0.3 is 0 Å². The molecule has 5 heteroatoms. The number of sulfonamides is 1. The van der Waals surface area contributed by atoms with E-state index in [9.17, 15) is 13.5 Å². The fraction of sp³-hybridized carbons (Fsp3) is 0.625. The van der Waals surface area contributed by atoms with Crippen LogP contribution in [0.2, 0.25) is 0 Å². The predicted octanol–water partition coefficient (Wildman–Crippen LogP) is 2.34. The Morgan fingerprint density at radius 2 is 1.90 bits per heavy atom. The number of hydrogen-bond donors (Lipinski definition) is 2. The second-order valence-electron chi connectivity index (χ2n) is 7.07. The summed E-state index contributed by atoms with van der Waals surface area (Å²) in [5.74, 6) is 0.251. The van der Waals surface area contributed by atoms with E-state index in [1.807, 2.05) is 19.1 Å². The first-order valence-electron chi connectivity index (χ1n) is 7.38. The minimum atomic E-state index is -3.49. The zero-order valence-corrected chi connectivity index (χ0v) is 14.0. The van der Waals surface area contributed by atoms with Crippen molar-refractivity contribution in [2.24, 2.45) is 5.92 Å². The lowest BCUT2D eigenvalue weighted by Crippen LogP contribution is -2.38. The minimum absolute atomic E-state index is 0.0872. The SMILES string of the molecule is Cc1ccc(C(C)(C)C)cc1S(=O)(=O)NCC1CC(O)C1. The van der Waals surface area contributed by atoms with Gasteiger partial charge in [0.15, 0.2) is 0 Å². The van der Waals surface area contributed by atoms with Crippen molar-refractivity contribution in [2.45, 2.75) is 57.0 Å². The molecule has 118 valence electrons. The van der Waals surface area contributed by atoms with E-state index < -0.39 is 10.0 Å². The van der Waals surface area contributed by atoms with Gasteiger partial charge in [-0.2, -0.15) is 0 Å². The maximum atomic E-state index is 12.5. The second-order valence-corrected chi connectivity index (χ2v) is 8.81. The summed E-state index contributed by atoms with van der Waals surface area (Å²) in [7, 11) is -3.49. The van der Waals surface area contributed by atoms with Crippen LogP contribution in [0.5, 0.6) is 0 Å². The molecule has 1 saturated carbocycles. The van der Waals surface area contributed by atoms with Crippen LogP contribution in [0.15, 0.2) is 23.1 Å². The van der Waals surface area contributed by atoms with Crippen LogP contribution in [0, 0.1) is 12.8 Å². The molecule has 2 N–H and O–H groups in total. The van der Waals surface area contributed by atoms with Gasteiger partial charge in [0.2, 0.25) is 10.0 Å².